The van der Waals surface area contributed by atoms with E-state index in [2.05, 4.69) is 198 Å². The van der Waals surface area contributed by atoms with E-state index in [1.54, 1.807) is 0 Å². The molecule has 0 amide bonds. The van der Waals surface area contributed by atoms with Crippen molar-refractivity contribution in [1.29, 1.82) is 0 Å². The van der Waals surface area contributed by atoms with E-state index in [4.69, 9.17) is 0 Å². The molecule has 1 aliphatic rings. The number of halogens is 3. The average molecular weight is 804 g/mol. The second-order valence-corrected chi connectivity index (χ2v) is 18.2. The third kappa shape index (κ3) is 8.95. The first-order valence-corrected chi connectivity index (χ1v) is 19.6. The van der Waals surface area contributed by atoms with E-state index < -0.39 is 8.07 Å². The Morgan fingerprint density at radius 3 is 1.02 bits per heavy atom. The molecule has 6 aromatic rings. The Kier molecular flexibility index (Phi) is 16.0. The van der Waals surface area contributed by atoms with Crippen molar-refractivity contribution in [1.82, 2.24) is 0 Å². The zero-order valence-electron chi connectivity index (χ0n) is 30.8. The largest absolute Gasteiger partial charge is 4.00 e. The Morgan fingerprint density at radius 2 is 0.736 bits per heavy atom. The van der Waals surface area contributed by atoms with E-state index in [1.807, 2.05) is 0 Å². The summed E-state index contributed by atoms with van der Waals surface area (Å²) >= 11 is 0. The third-order valence-corrected chi connectivity index (χ3v) is 16.4. The molecule has 0 spiro atoms. The van der Waals surface area contributed by atoms with Crippen molar-refractivity contribution in [2.75, 3.05) is 0 Å². The van der Waals surface area contributed by atoms with Crippen LogP contribution in [0, 0.1) is 6.08 Å². The van der Waals surface area contributed by atoms with Crippen LogP contribution >= 0.6 is 0 Å². The van der Waals surface area contributed by atoms with Crippen LogP contribution in [0.2, 0.25) is 5.04 Å². The zero-order chi connectivity index (χ0) is 33.8. The molecular weight excluding hydrogens is 759 g/mol. The Hall–Kier alpha value is -3.40. The van der Waals surface area contributed by atoms with Gasteiger partial charge in [0.15, 0.2) is 0 Å². The molecule has 0 nitrogen and oxygen atoms in total. The van der Waals surface area contributed by atoms with Crippen molar-refractivity contribution >= 4 is 23.6 Å². The SMILES string of the molecule is CC1=[C-]C(C)([Si](c2cccc(Cc3ccccc3)c2)(c2cccc(Cc3ccccc3)c2)c2cccc(Cc3ccccc3)c2)C(C)=C1C.[Cl-].[Cl-].[Cl-].[Ti+4]. The van der Waals surface area contributed by atoms with E-state index >= 15 is 0 Å². The van der Waals surface area contributed by atoms with Crippen LogP contribution in [0.1, 0.15) is 61.1 Å². The normalized spacial score (nSPS) is 14.9. The van der Waals surface area contributed by atoms with Crippen LogP contribution in [0.5, 0.6) is 0 Å². The molecule has 0 saturated heterocycles. The van der Waals surface area contributed by atoms with Crippen LogP contribution in [0.4, 0.5) is 0 Å². The van der Waals surface area contributed by atoms with E-state index in [0.29, 0.717) is 0 Å². The Morgan fingerprint density at radius 1 is 0.434 bits per heavy atom. The quantitative estimate of drug-likeness (QED) is 0.109. The summed E-state index contributed by atoms with van der Waals surface area (Å²) in [7, 11) is -2.90. The van der Waals surface area contributed by atoms with Crippen LogP contribution in [0.15, 0.2) is 181 Å². The molecular formula is C48H45Cl3SiTi. The zero-order valence-corrected chi connectivity index (χ0v) is 35.7. The summed E-state index contributed by atoms with van der Waals surface area (Å²) in [5.41, 5.74) is 12.1. The van der Waals surface area contributed by atoms with Crippen LogP contribution in [-0.4, -0.2) is 8.07 Å². The van der Waals surface area contributed by atoms with E-state index in [0.717, 1.165) is 19.3 Å². The molecule has 0 bridgehead atoms. The van der Waals surface area contributed by atoms with Gasteiger partial charge in [0, 0.05) is 0 Å². The summed E-state index contributed by atoms with van der Waals surface area (Å²) < 4.78 is 0. The molecule has 0 N–H and O–H groups in total. The van der Waals surface area contributed by atoms with Gasteiger partial charge in [-0.1, -0.05) is 190 Å². The Labute approximate surface area is 352 Å². The minimum absolute atomic E-state index is 0. The minimum Gasteiger partial charge on any atom is -1.00 e. The molecule has 1 unspecified atom stereocenters. The fourth-order valence-corrected chi connectivity index (χ4v) is 14.3. The summed E-state index contributed by atoms with van der Waals surface area (Å²) in [6.45, 7) is 9.42. The molecule has 53 heavy (non-hydrogen) atoms. The first-order chi connectivity index (χ1) is 23.9. The van der Waals surface area contributed by atoms with Gasteiger partial charge in [-0.2, -0.15) is 11.1 Å². The van der Waals surface area contributed by atoms with Crippen LogP contribution in [0.3, 0.4) is 0 Å². The molecule has 0 saturated carbocycles. The van der Waals surface area contributed by atoms with Crippen LogP contribution in [-0.2, 0) is 41.0 Å². The maximum Gasteiger partial charge on any atom is 4.00 e. The number of hydrogen-bond acceptors (Lipinski definition) is 0. The Balaban J connectivity index is 0.00000189. The van der Waals surface area contributed by atoms with Crippen molar-refractivity contribution < 1.29 is 58.9 Å². The van der Waals surface area contributed by atoms with E-state index in [-0.39, 0.29) is 64.0 Å². The summed E-state index contributed by atoms with van der Waals surface area (Å²) in [4.78, 5) is 0. The fraction of sp³-hybridized carbons (Fsp3) is 0.167. The van der Waals surface area contributed by atoms with Crippen molar-refractivity contribution in [2.45, 2.75) is 52.0 Å². The number of rotatable bonds is 10. The molecule has 0 fully saturated rings. The van der Waals surface area contributed by atoms with Gasteiger partial charge in [0.05, 0.1) is 0 Å². The van der Waals surface area contributed by atoms with Gasteiger partial charge in [-0.3, -0.25) is 6.08 Å². The summed E-state index contributed by atoms with van der Waals surface area (Å²) in [5, 5.41) is 4.01. The first kappa shape index (κ1) is 44.0. The van der Waals surface area contributed by atoms with Gasteiger partial charge in [0.2, 0.25) is 0 Å². The van der Waals surface area contributed by atoms with E-state index in [1.165, 1.54) is 65.7 Å². The van der Waals surface area contributed by atoms with Crippen molar-refractivity contribution in [2.24, 2.45) is 0 Å². The molecule has 266 valence electrons. The molecule has 1 aliphatic carbocycles. The molecule has 5 heteroatoms. The van der Waals surface area contributed by atoms with Crippen LogP contribution < -0.4 is 52.8 Å². The first-order valence-electron chi connectivity index (χ1n) is 17.6. The predicted molar refractivity (Wildman–Crippen MR) is 211 cm³/mol. The molecule has 0 radical (unpaired) electrons. The molecule has 1 atom stereocenters. The van der Waals surface area contributed by atoms with Gasteiger partial charge < -0.3 is 37.2 Å². The van der Waals surface area contributed by atoms with Gasteiger partial charge >= 0.3 is 21.7 Å². The van der Waals surface area contributed by atoms with Gasteiger partial charge in [0.25, 0.3) is 0 Å². The maximum atomic E-state index is 4.18. The second-order valence-electron chi connectivity index (χ2n) is 14.0. The second kappa shape index (κ2) is 19.3. The maximum absolute atomic E-state index is 4.18. The topological polar surface area (TPSA) is 0 Å². The van der Waals surface area contributed by atoms with Gasteiger partial charge in [0.1, 0.15) is 8.07 Å². The standard InChI is InChI=1S/C48H45Si.3ClH.Ti/c1-36-35-48(4,38(3)37(36)2)49(45-26-14-23-42(32-45)29-39-17-8-5-9-18-39,46-27-15-24-43(33-46)30-40-19-10-6-11-20-40)47-28-16-25-44(34-47)31-41-21-12-7-13-22-41;;;;/h5-28,32-34H,29-31H2,1-4H3;3*1H;/q-1;;;;+4/p-3. The van der Waals surface area contributed by atoms with Crippen molar-refractivity contribution in [3.05, 3.63) is 220 Å². The monoisotopic (exact) mass is 802 g/mol. The molecule has 0 aromatic heterocycles. The minimum atomic E-state index is -2.90. The van der Waals surface area contributed by atoms with Gasteiger partial charge in [-0.05, 0) is 68.2 Å². The van der Waals surface area contributed by atoms with Crippen LogP contribution in [0.25, 0.3) is 0 Å². The average Bonchev–Trinajstić information content (AvgIpc) is 3.33. The van der Waals surface area contributed by atoms with E-state index in [9.17, 15) is 0 Å². The molecule has 0 aliphatic heterocycles. The van der Waals surface area contributed by atoms with Crippen molar-refractivity contribution in [3.63, 3.8) is 0 Å². The summed E-state index contributed by atoms with van der Waals surface area (Å²) in [5.74, 6) is 0. The Bertz CT molecular complexity index is 1940. The summed E-state index contributed by atoms with van der Waals surface area (Å²) in [6.07, 6.45) is 6.90. The summed E-state index contributed by atoms with van der Waals surface area (Å²) in [6, 6.07) is 61.4. The number of hydrogen-bond donors (Lipinski definition) is 0. The number of benzene rings is 6. The third-order valence-electron chi connectivity index (χ3n) is 10.9. The molecule has 6 aromatic carbocycles. The molecule has 0 heterocycles. The predicted octanol–water partition coefficient (Wildman–Crippen LogP) is 0.798. The van der Waals surface area contributed by atoms with Crippen molar-refractivity contribution in [3.8, 4) is 0 Å². The fourth-order valence-electron chi connectivity index (χ4n) is 8.20. The van der Waals surface area contributed by atoms with Gasteiger partial charge in [-0.25, -0.2) is 5.57 Å². The number of allylic oxidation sites excluding steroid dienone is 4. The smallest absolute Gasteiger partial charge is 1.00 e. The molecule has 7 rings (SSSR count). The van der Waals surface area contributed by atoms with Gasteiger partial charge in [-0.15, -0.1) is 6.92 Å².